The summed E-state index contributed by atoms with van der Waals surface area (Å²) < 4.78 is 11.1. The van der Waals surface area contributed by atoms with Gasteiger partial charge in [-0.1, -0.05) is 45.1 Å². The van der Waals surface area contributed by atoms with Crippen molar-refractivity contribution in [3.05, 3.63) is 48.0 Å². The van der Waals surface area contributed by atoms with E-state index in [1.165, 1.54) is 43.9 Å². The minimum absolute atomic E-state index is 0.135. The number of anilines is 1. The summed E-state index contributed by atoms with van der Waals surface area (Å²) in [6, 6.07) is 9.87. The Morgan fingerprint density at radius 1 is 0.958 bits per heavy atom. The maximum atomic E-state index is 13.4. The van der Waals surface area contributed by atoms with E-state index in [9.17, 15) is 39.9 Å². The first-order chi connectivity index (χ1) is 22.9. The van der Waals surface area contributed by atoms with Crippen LogP contribution in [0.3, 0.4) is 0 Å². The van der Waals surface area contributed by atoms with Gasteiger partial charge in [-0.05, 0) is 74.2 Å². The zero-order valence-corrected chi connectivity index (χ0v) is 27.6. The number of aromatic hydroxyl groups is 2. The fourth-order valence-electron chi connectivity index (χ4n) is 5.57. The van der Waals surface area contributed by atoms with E-state index < -0.39 is 60.6 Å². The van der Waals surface area contributed by atoms with Crippen LogP contribution < -0.4 is 21.1 Å². The largest absolute Gasteiger partial charge is 0.504 e. The molecule has 2 aromatic rings. The Labute approximate surface area is 281 Å². The molecule has 0 radical (unpaired) electrons. The number of aliphatic hydroxyl groups excluding tert-OH is 2. The molecule has 3 rings (SSSR count). The molecule has 1 aliphatic rings. The number of amides is 2. The summed E-state index contributed by atoms with van der Waals surface area (Å²) in [5, 5.41) is 56.7. The van der Waals surface area contributed by atoms with Crippen molar-refractivity contribution in [2.24, 2.45) is 5.73 Å². The Bertz CT molecular complexity index is 1320. The standard InChI is InChI=1S/C35H51N3O10/c1-2-3-4-5-6-7-19-47-25-14-12-24(13-15-25)37-33(44)26(9-8-18-36)38-34(45)35(46)21-29(41)32(43)30(22-35)48-31(42)17-11-23-10-16-27(39)28(40)20-23/h10,12-16,20,26,29-30,32,39-41,43,46H,2-9,11,17-19,21-22,36H2,1H3,(H,37,44)(H,38,45)/t26?,29-,30-,32-,35+/m1/s1. The lowest BCUT2D eigenvalue weighted by molar-refractivity contribution is -0.190. The number of carbonyl (C=O) groups excluding carboxylic acids is 3. The number of unbranched alkanes of at least 4 members (excludes halogenated alkanes) is 5. The zero-order valence-electron chi connectivity index (χ0n) is 27.6. The Balaban J connectivity index is 1.56. The van der Waals surface area contributed by atoms with E-state index in [4.69, 9.17) is 15.2 Å². The van der Waals surface area contributed by atoms with Gasteiger partial charge in [0.1, 0.15) is 29.6 Å². The number of esters is 1. The van der Waals surface area contributed by atoms with Crippen LogP contribution in [0.5, 0.6) is 17.2 Å². The first kappa shape index (κ1) is 38.5. The lowest BCUT2D eigenvalue weighted by atomic mass is 9.78. The lowest BCUT2D eigenvalue weighted by Gasteiger charge is -2.41. The Morgan fingerprint density at radius 2 is 1.67 bits per heavy atom. The fourth-order valence-corrected chi connectivity index (χ4v) is 5.57. The van der Waals surface area contributed by atoms with Crippen LogP contribution in [0.25, 0.3) is 0 Å². The molecule has 13 heteroatoms. The van der Waals surface area contributed by atoms with Gasteiger partial charge in [0.15, 0.2) is 11.5 Å². The van der Waals surface area contributed by atoms with Gasteiger partial charge < -0.3 is 51.4 Å². The minimum atomic E-state index is -2.26. The van der Waals surface area contributed by atoms with Gasteiger partial charge in [0, 0.05) is 24.9 Å². The molecule has 0 spiro atoms. The molecule has 1 aliphatic carbocycles. The summed E-state index contributed by atoms with van der Waals surface area (Å²) in [5.74, 6) is -2.26. The molecule has 0 saturated heterocycles. The van der Waals surface area contributed by atoms with Crippen molar-refractivity contribution in [3.63, 3.8) is 0 Å². The van der Waals surface area contributed by atoms with Crippen LogP contribution in [-0.4, -0.2) is 86.4 Å². The summed E-state index contributed by atoms with van der Waals surface area (Å²) in [5.41, 5.74) is 4.41. The summed E-state index contributed by atoms with van der Waals surface area (Å²) in [6.07, 6.45) is 1.81. The molecule has 2 amide bonds. The molecular weight excluding hydrogens is 622 g/mol. The molecular formula is C35H51N3O10. The van der Waals surface area contributed by atoms with Gasteiger partial charge in [0.25, 0.3) is 5.91 Å². The minimum Gasteiger partial charge on any atom is -0.504 e. The van der Waals surface area contributed by atoms with E-state index in [-0.39, 0.29) is 37.3 Å². The van der Waals surface area contributed by atoms with Gasteiger partial charge in [0.05, 0.1) is 12.7 Å². The molecule has 2 aromatic carbocycles. The topological polar surface area (TPSA) is 221 Å². The Hall–Kier alpha value is -3.91. The van der Waals surface area contributed by atoms with E-state index >= 15 is 0 Å². The molecule has 0 aromatic heterocycles. The highest BCUT2D eigenvalue weighted by molar-refractivity contribution is 5.98. The number of hydrogen-bond donors (Lipinski definition) is 8. The van der Waals surface area contributed by atoms with Gasteiger partial charge >= 0.3 is 5.97 Å². The molecule has 266 valence electrons. The summed E-state index contributed by atoms with van der Waals surface area (Å²) >= 11 is 0. The molecule has 1 fully saturated rings. The molecule has 0 aliphatic heterocycles. The number of nitrogens with one attached hydrogen (secondary N) is 2. The number of nitrogens with two attached hydrogens (primary N) is 1. The number of phenolic OH excluding ortho intramolecular Hbond substituents is 2. The van der Waals surface area contributed by atoms with Crippen molar-refractivity contribution in [3.8, 4) is 17.2 Å². The highest BCUT2D eigenvalue weighted by Gasteiger charge is 2.50. The number of ether oxygens (including phenoxy) is 2. The molecule has 9 N–H and O–H groups in total. The van der Waals surface area contributed by atoms with Crippen molar-refractivity contribution in [2.75, 3.05) is 18.5 Å². The second-order valence-electron chi connectivity index (χ2n) is 12.4. The van der Waals surface area contributed by atoms with E-state index in [1.807, 2.05) is 0 Å². The number of aliphatic hydroxyl groups is 3. The van der Waals surface area contributed by atoms with Gasteiger partial charge in [-0.2, -0.15) is 0 Å². The fraction of sp³-hybridized carbons (Fsp3) is 0.571. The third-order valence-corrected chi connectivity index (χ3v) is 8.43. The first-order valence-corrected chi connectivity index (χ1v) is 16.8. The summed E-state index contributed by atoms with van der Waals surface area (Å²) in [7, 11) is 0. The van der Waals surface area contributed by atoms with Crippen LogP contribution in [0.15, 0.2) is 42.5 Å². The van der Waals surface area contributed by atoms with Crippen molar-refractivity contribution >= 4 is 23.5 Å². The van der Waals surface area contributed by atoms with Crippen molar-refractivity contribution < 1.29 is 49.4 Å². The van der Waals surface area contributed by atoms with Gasteiger partial charge in [0.2, 0.25) is 5.91 Å². The van der Waals surface area contributed by atoms with Gasteiger partial charge in [-0.25, -0.2) is 0 Å². The van der Waals surface area contributed by atoms with Crippen LogP contribution in [-0.2, 0) is 25.5 Å². The number of rotatable bonds is 19. The molecule has 1 unspecified atom stereocenters. The quantitative estimate of drug-likeness (QED) is 0.0615. The summed E-state index contributed by atoms with van der Waals surface area (Å²) in [4.78, 5) is 39.2. The van der Waals surface area contributed by atoms with Crippen LogP contribution in [0.2, 0.25) is 0 Å². The smallest absolute Gasteiger partial charge is 0.306 e. The molecule has 0 heterocycles. The van der Waals surface area contributed by atoms with Crippen LogP contribution in [0, 0.1) is 0 Å². The van der Waals surface area contributed by atoms with Crippen LogP contribution in [0.1, 0.15) is 83.1 Å². The third-order valence-electron chi connectivity index (χ3n) is 8.43. The SMILES string of the molecule is CCCCCCCCOc1ccc(NC(=O)C(CCCN)NC(=O)[C@]2(O)C[C@@H](O)[C@@H](O)[C@H](OC(=O)CCc3ccc(O)c(O)c3)C2)cc1. The number of aryl methyl sites for hydroxylation is 1. The number of phenols is 2. The highest BCUT2D eigenvalue weighted by Crippen LogP contribution is 2.32. The molecule has 1 saturated carbocycles. The van der Waals surface area contributed by atoms with Gasteiger partial charge in [-0.3, -0.25) is 14.4 Å². The molecule has 48 heavy (non-hydrogen) atoms. The van der Waals surface area contributed by atoms with E-state index in [0.717, 1.165) is 12.8 Å². The highest BCUT2D eigenvalue weighted by atomic mass is 16.6. The number of hydrogen-bond acceptors (Lipinski definition) is 11. The Morgan fingerprint density at radius 3 is 2.35 bits per heavy atom. The van der Waals surface area contributed by atoms with E-state index in [2.05, 4.69) is 17.6 Å². The zero-order chi connectivity index (χ0) is 35.1. The van der Waals surface area contributed by atoms with E-state index in [0.29, 0.717) is 30.0 Å². The van der Waals surface area contributed by atoms with E-state index in [1.54, 1.807) is 24.3 Å². The average Bonchev–Trinajstić information content (AvgIpc) is 3.06. The maximum Gasteiger partial charge on any atom is 0.306 e. The molecule has 0 bridgehead atoms. The molecule has 13 nitrogen and oxygen atoms in total. The maximum absolute atomic E-state index is 13.4. The number of benzene rings is 2. The average molecular weight is 674 g/mol. The first-order valence-electron chi connectivity index (χ1n) is 16.8. The van der Waals surface area contributed by atoms with Crippen molar-refractivity contribution in [1.29, 1.82) is 0 Å². The van der Waals surface area contributed by atoms with Crippen LogP contribution >= 0.6 is 0 Å². The second-order valence-corrected chi connectivity index (χ2v) is 12.4. The monoisotopic (exact) mass is 673 g/mol. The predicted molar refractivity (Wildman–Crippen MR) is 178 cm³/mol. The second kappa shape index (κ2) is 19.2. The number of carbonyl (C=O) groups is 3. The third kappa shape index (κ3) is 12.0. The lowest BCUT2D eigenvalue weighted by Crippen LogP contribution is -2.61. The van der Waals surface area contributed by atoms with Gasteiger partial charge in [-0.15, -0.1) is 0 Å². The summed E-state index contributed by atoms with van der Waals surface area (Å²) in [6.45, 7) is 3.04. The predicted octanol–water partition coefficient (Wildman–Crippen LogP) is 2.79. The Kier molecular flexibility index (Phi) is 15.4. The van der Waals surface area contributed by atoms with Crippen LogP contribution in [0.4, 0.5) is 5.69 Å². The van der Waals surface area contributed by atoms with Crippen molar-refractivity contribution in [1.82, 2.24) is 5.32 Å². The van der Waals surface area contributed by atoms with Crippen molar-refractivity contribution in [2.45, 2.75) is 114 Å². The normalized spacial score (nSPS) is 21.2. The molecule has 5 atom stereocenters.